The van der Waals surface area contributed by atoms with Gasteiger partial charge in [-0.3, -0.25) is 4.90 Å². The van der Waals surface area contributed by atoms with Crippen LogP contribution in [-0.2, 0) is 24.4 Å². The molecule has 2 aromatic carbocycles. The fourth-order valence-corrected chi connectivity index (χ4v) is 3.95. The van der Waals surface area contributed by atoms with Gasteiger partial charge in [0.1, 0.15) is 5.76 Å². The second kappa shape index (κ2) is 11.4. The van der Waals surface area contributed by atoms with Gasteiger partial charge in [0.25, 0.3) is 0 Å². The van der Waals surface area contributed by atoms with Crippen molar-refractivity contribution < 1.29 is 18.6 Å². The molecule has 0 saturated carbocycles. The summed E-state index contributed by atoms with van der Waals surface area (Å²) in [7, 11) is 4.91. The molecule has 9 heteroatoms. The van der Waals surface area contributed by atoms with Crippen molar-refractivity contribution in [1.29, 1.82) is 0 Å². The molecule has 0 aliphatic carbocycles. The molecule has 0 fully saturated rings. The third-order valence-corrected chi connectivity index (χ3v) is 5.57. The molecule has 0 bridgehead atoms. The molecule has 0 aliphatic rings. The molecule has 34 heavy (non-hydrogen) atoms. The summed E-state index contributed by atoms with van der Waals surface area (Å²) in [6, 6.07) is 19.8. The summed E-state index contributed by atoms with van der Waals surface area (Å²) in [6.45, 7) is 2.23. The van der Waals surface area contributed by atoms with Crippen LogP contribution in [0.5, 0.6) is 11.5 Å². The molecule has 0 saturated heterocycles. The van der Waals surface area contributed by atoms with Gasteiger partial charge in [-0.15, -0.1) is 5.10 Å². The summed E-state index contributed by atoms with van der Waals surface area (Å²) in [6.07, 6.45) is 1.68. The first-order valence-corrected chi connectivity index (χ1v) is 11.0. The first-order valence-electron chi connectivity index (χ1n) is 11.0. The van der Waals surface area contributed by atoms with E-state index >= 15 is 0 Å². The number of tetrazole rings is 1. The van der Waals surface area contributed by atoms with E-state index in [1.807, 2.05) is 48.5 Å². The molecule has 178 valence electrons. The summed E-state index contributed by atoms with van der Waals surface area (Å²) in [4.78, 5) is 2.28. The summed E-state index contributed by atoms with van der Waals surface area (Å²) < 4.78 is 23.8. The molecule has 2 aromatic heterocycles. The van der Waals surface area contributed by atoms with Gasteiger partial charge in [-0.05, 0) is 45.8 Å². The Morgan fingerprint density at radius 2 is 1.76 bits per heavy atom. The van der Waals surface area contributed by atoms with E-state index in [0.29, 0.717) is 43.6 Å². The van der Waals surface area contributed by atoms with E-state index in [1.165, 1.54) is 0 Å². The number of aromatic nitrogens is 4. The molecule has 4 rings (SSSR count). The first-order chi connectivity index (χ1) is 16.7. The third-order valence-electron chi connectivity index (χ3n) is 5.57. The third kappa shape index (κ3) is 5.44. The van der Waals surface area contributed by atoms with E-state index in [9.17, 15) is 0 Å². The van der Waals surface area contributed by atoms with Gasteiger partial charge in [-0.25, -0.2) is 4.68 Å². The highest BCUT2D eigenvalue weighted by Crippen LogP contribution is 2.36. The van der Waals surface area contributed by atoms with Crippen LogP contribution in [0.3, 0.4) is 0 Å². The van der Waals surface area contributed by atoms with Crippen LogP contribution in [0.4, 0.5) is 0 Å². The molecule has 0 N–H and O–H groups in total. The Kier molecular flexibility index (Phi) is 7.90. The lowest BCUT2D eigenvalue weighted by atomic mass is 10.0. The van der Waals surface area contributed by atoms with Crippen molar-refractivity contribution in [1.82, 2.24) is 25.1 Å². The Bertz CT molecular complexity index is 1150. The predicted molar refractivity (Wildman–Crippen MR) is 125 cm³/mol. The molecule has 0 radical (unpaired) electrons. The molecule has 0 spiro atoms. The molecule has 9 nitrogen and oxygen atoms in total. The number of benzene rings is 2. The zero-order valence-corrected chi connectivity index (χ0v) is 19.6. The minimum atomic E-state index is -0.294. The minimum Gasteiger partial charge on any atom is -0.493 e. The van der Waals surface area contributed by atoms with E-state index in [0.717, 1.165) is 16.9 Å². The van der Waals surface area contributed by atoms with E-state index < -0.39 is 0 Å². The minimum absolute atomic E-state index is 0.294. The van der Waals surface area contributed by atoms with Crippen molar-refractivity contribution in [2.24, 2.45) is 0 Å². The Balaban J connectivity index is 1.82. The maximum Gasteiger partial charge on any atom is 0.173 e. The molecule has 1 atom stereocenters. The number of hydrogen-bond donors (Lipinski definition) is 0. The van der Waals surface area contributed by atoms with Crippen LogP contribution < -0.4 is 9.47 Å². The Hall–Kier alpha value is -3.69. The highest BCUT2D eigenvalue weighted by molar-refractivity contribution is 5.45. The standard InChI is InChI=1S/C25H29N5O4/c1-31-15-13-30-25(26-27-28-30)24(20-11-12-22(32-2)23(16-20)33-3)29(18-21-10-7-14-34-21)17-19-8-5-4-6-9-19/h4-12,14,16,24H,13,15,17-18H2,1-3H3. The van der Waals surface area contributed by atoms with Crippen molar-refractivity contribution in [3.63, 3.8) is 0 Å². The predicted octanol–water partition coefficient (Wildman–Crippen LogP) is 3.72. The summed E-state index contributed by atoms with van der Waals surface area (Å²) in [5.41, 5.74) is 2.13. The monoisotopic (exact) mass is 463 g/mol. The van der Waals surface area contributed by atoms with Crippen LogP contribution in [0.1, 0.15) is 28.8 Å². The zero-order chi connectivity index (χ0) is 23.8. The van der Waals surface area contributed by atoms with Gasteiger partial charge in [0.15, 0.2) is 17.3 Å². The Labute approximate surface area is 198 Å². The van der Waals surface area contributed by atoms with Crippen molar-refractivity contribution in [3.8, 4) is 11.5 Å². The van der Waals surface area contributed by atoms with Crippen molar-refractivity contribution in [3.05, 3.63) is 89.6 Å². The number of ether oxygens (including phenoxy) is 3. The second-order valence-electron chi connectivity index (χ2n) is 7.74. The van der Waals surface area contributed by atoms with Gasteiger partial charge >= 0.3 is 0 Å². The lowest BCUT2D eigenvalue weighted by molar-refractivity contribution is 0.164. The number of furan rings is 1. The van der Waals surface area contributed by atoms with E-state index in [-0.39, 0.29) is 6.04 Å². The van der Waals surface area contributed by atoms with E-state index in [2.05, 4.69) is 32.6 Å². The summed E-state index contributed by atoms with van der Waals surface area (Å²) in [5, 5.41) is 12.7. The quantitative estimate of drug-likeness (QED) is 0.314. The zero-order valence-electron chi connectivity index (χ0n) is 19.6. The normalized spacial score (nSPS) is 12.1. The van der Waals surface area contributed by atoms with Crippen LogP contribution >= 0.6 is 0 Å². The van der Waals surface area contributed by atoms with Gasteiger partial charge in [0.05, 0.1) is 46.2 Å². The van der Waals surface area contributed by atoms with Crippen molar-refractivity contribution in [2.45, 2.75) is 25.7 Å². The fourth-order valence-electron chi connectivity index (χ4n) is 3.95. The largest absolute Gasteiger partial charge is 0.493 e. The topological polar surface area (TPSA) is 87.7 Å². The van der Waals surface area contributed by atoms with Crippen LogP contribution in [0.25, 0.3) is 0 Å². The number of nitrogens with zero attached hydrogens (tertiary/aromatic N) is 5. The molecular formula is C25H29N5O4. The molecule has 4 aromatic rings. The highest BCUT2D eigenvalue weighted by Gasteiger charge is 2.30. The van der Waals surface area contributed by atoms with Crippen molar-refractivity contribution in [2.75, 3.05) is 27.9 Å². The van der Waals surface area contributed by atoms with Crippen LogP contribution in [-0.4, -0.2) is 53.0 Å². The second-order valence-corrected chi connectivity index (χ2v) is 7.74. The molecule has 2 heterocycles. The van der Waals surface area contributed by atoms with Crippen LogP contribution in [0.15, 0.2) is 71.3 Å². The first kappa shape index (κ1) is 23.5. The molecule has 0 aliphatic heterocycles. The molecular weight excluding hydrogens is 434 g/mol. The SMILES string of the molecule is COCCn1nnnc1C(c1ccc(OC)c(OC)c1)N(Cc1ccccc1)Cc1ccco1. The Morgan fingerprint density at radius 3 is 2.47 bits per heavy atom. The van der Waals surface area contributed by atoms with Crippen molar-refractivity contribution >= 4 is 0 Å². The van der Waals surface area contributed by atoms with Gasteiger partial charge in [0.2, 0.25) is 0 Å². The number of rotatable bonds is 12. The number of methoxy groups -OCH3 is 3. The van der Waals surface area contributed by atoms with Crippen LogP contribution in [0, 0.1) is 0 Å². The maximum absolute atomic E-state index is 5.72. The van der Waals surface area contributed by atoms with E-state index in [4.69, 9.17) is 18.6 Å². The van der Waals surface area contributed by atoms with Gasteiger partial charge in [-0.2, -0.15) is 0 Å². The summed E-state index contributed by atoms with van der Waals surface area (Å²) >= 11 is 0. The maximum atomic E-state index is 5.72. The average molecular weight is 464 g/mol. The average Bonchev–Trinajstić information content (AvgIpc) is 3.56. The Morgan fingerprint density at radius 1 is 0.941 bits per heavy atom. The van der Waals surface area contributed by atoms with Gasteiger partial charge in [0, 0.05) is 13.7 Å². The molecule has 0 amide bonds. The highest BCUT2D eigenvalue weighted by atomic mass is 16.5. The van der Waals surface area contributed by atoms with E-state index in [1.54, 1.807) is 32.3 Å². The van der Waals surface area contributed by atoms with Gasteiger partial charge < -0.3 is 18.6 Å². The van der Waals surface area contributed by atoms with Gasteiger partial charge in [-0.1, -0.05) is 36.4 Å². The fraction of sp³-hybridized carbons (Fsp3) is 0.320. The lowest BCUT2D eigenvalue weighted by Gasteiger charge is -2.31. The smallest absolute Gasteiger partial charge is 0.173 e. The molecule has 1 unspecified atom stereocenters. The van der Waals surface area contributed by atoms with Crippen LogP contribution in [0.2, 0.25) is 0 Å². The lowest BCUT2D eigenvalue weighted by Crippen LogP contribution is -2.31. The summed E-state index contributed by atoms with van der Waals surface area (Å²) in [5.74, 6) is 2.84. The number of hydrogen-bond acceptors (Lipinski definition) is 8.